The van der Waals surface area contributed by atoms with Crippen molar-refractivity contribution in [3.05, 3.63) is 71.6 Å². The van der Waals surface area contributed by atoms with Gasteiger partial charge < -0.3 is 10.5 Å². The van der Waals surface area contributed by atoms with E-state index in [1.165, 1.54) is 6.07 Å². The number of halogens is 1. The molecule has 0 aliphatic heterocycles. The van der Waals surface area contributed by atoms with E-state index in [4.69, 9.17) is 10.5 Å². The Morgan fingerprint density at radius 2 is 1.88 bits per heavy atom. The maximum Gasteiger partial charge on any atom is 0.236 e. The second kappa shape index (κ2) is 7.14. The third-order valence-electron chi connectivity index (χ3n) is 3.60. The zero-order chi connectivity index (χ0) is 16.9. The van der Waals surface area contributed by atoms with Crippen LogP contribution in [-0.4, -0.2) is 22.1 Å². The van der Waals surface area contributed by atoms with Crippen molar-refractivity contribution in [3.8, 4) is 17.1 Å². The van der Waals surface area contributed by atoms with Crippen LogP contribution in [0.3, 0.4) is 0 Å². The number of aromatic nitrogens is 3. The van der Waals surface area contributed by atoms with E-state index >= 15 is 0 Å². The van der Waals surface area contributed by atoms with Crippen molar-refractivity contribution in [2.24, 2.45) is 5.73 Å². The highest BCUT2D eigenvalue weighted by atomic mass is 19.1. The van der Waals surface area contributed by atoms with Crippen molar-refractivity contribution in [2.45, 2.75) is 13.0 Å². The summed E-state index contributed by atoms with van der Waals surface area (Å²) in [6, 6.07) is 12.5. The molecule has 0 saturated carbocycles. The van der Waals surface area contributed by atoms with Gasteiger partial charge in [0.1, 0.15) is 5.69 Å². The molecule has 5 nitrogen and oxygen atoms in total. The van der Waals surface area contributed by atoms with Crippen molar-refractivity contribution in [1.82, 2.24) is 15.0 Å². The Labute approximate surface area is 139 Å². The Morgan fingerprint density at radius 3 is 2.54 bits per heavy atom. The van der Waals surface area contributed by atoms with Gasteiger partial charge in [-0.05, 0) is 17.7 Å². The van der Waals surface area contributed by atoms with Gasteiger partial charge in [0.2, 0.25) is 11.8 Å². The van der Waals surface area contributed by atoms with Crippen LogP contribution in [0.1, 0.15) is 17.0 Å². The highest BCUT2D eigenvalue weighted by molar-refractivity contribution is 5.59. The summed E-state index contributed by atoms with van der Waals surface area (Å²) in [4.78, 5) is 12.6. The first kappa shape index (κ1) is 16.0. The standard InChI is InChI=1S/C18H17FN4O/c1-24-18-16(10-20)21-11-14(22-18)9-12-5-7-13(8-6-12)15-3-2-4-17(19)23-15/h2-8,11H,9-10,20H2,1H3. The fourth-order valence-electron chi connectivity index (χ4n) is 2.39. The predicted octanol–water partition coefficient (Wildman–Crippen LogP) is 2.74. The van der Waals surface area contributed by atoms with Crippen LogP contribution in [0.4, 0.5) is 4.39 Å². The van der Waals surface area contributed by atoms with Crippen LogP contribution in [0, 0.1) is 5.95 Å². The minimum atomic E-state index is -0.487. The molecule has 0 fully saturated rings. The molecule has 2 N–H and O–H groups in total. The van der Waals surface area contributed by atoms with Gasteiger partial charge in [-0.25, -0.2) is 9.97 Å². The lowest BCUT2D eigenvalue weighted by Gasteiger charge is -2.08. The molecule has 0 bridgehead atoms. The minimum Gasteiger partial charge on any atom is -0.480 e. The first-order valence-corrected chi connectivity index (χ1v) is 7.50. The molecular weight excluding hydrogens is 307 g/mol. The zero-order valence-corrected chi connectivity index (χ0v) is 13.2. The van der Waals surface area contributed by atoms with Gasteiger partial charge in [-0.2, -0.15) is 4.39 Å². The molecule has 0 saturated heterocycles. The molecule has 0 amide bonds. The van der Waals surface area contributed by atoms with Gasteiger partial charge in [0, 0.05) is 24.7 Å². The van der Waals surface area contributed by atoms with Crippen molar-refractivity contribution in [1.29, 1.82) is 0 Å². The van der Waals surface area contributed by atoms with E-state index in [-0.39, 0.29) is 6.54 Å². The minimum absolute atomic E-state index is 0.284. The molecule has 2 aromatic heterocycles. The number of rotatable bonds is 5. The average molecular weight is 324 g/mol. The van der Waals surface area contributed by atoms with Crippen LogP contribution < -0.4 is 10.5 Å². The molecule has 0 aliphatic carbocycles. The average Bonchev–Trinajstić information content (AvgIpc) is 2.62. The summed E-state index contributed by atoms with van der Waals surface area (Å²) in [5.74, 6) is -0.0329. The van der Waals surface area contributed by atoms with E-state index in [2.05, 4.69) is 15.0 Å². The van der Waals surface area contributed by atoms with Gasteiger partial charge in [-0.3, -0.25) is 4.98 Å². The van der Waals surface area contributed by atoms with Crippen molar-refractivity contribution in [2.75, 3.05) is 7.11 Å². The zero-order valence-electron chi connectivity index (χ0n) is 13.2. The summed E-state index contributed by atoms with van der Waals surface area (Å²) in [7, 11) is 1.55. The van der Waals surface area contributed by atoms with E-state index in [1.807, 2.05) is 24.3 Å². The molecule has 0 unspecified atom stereocenters. The molecule has 0 spiro atoms. The molecule has 3 rings (SSSR count). The number of hydrogen-bond acceptors (Lipinski definition) is 5. The Bertz CT molecular complexity index is 837. The Hall–Kier alpha value is -2.86. The van der Waals surface area contributed by atoms with E-state index in [0.717, 1.165) is 16.8 Å². The molecule has 6 heteroatoms. The predicted molar refractivity (Wildman–Crippen MR) is 88.9 cm³/mol. The summed E-state index contributed by atoms with van der Waals surface area (Å²) < 4.78 is 18.4. The molecule has 3 aromatic rings. The molecule has 2 heterocycles. The van der Waals surface area contributed by atoms with Gasteiger partial charge in [-0.1, -0.05) is 30.3 Å². The fourth-order valence-corrected chi connectivity index (χ4v) is 2.39. The molecule has 0 radical (unpaired) electrons. The fraction of sp³-hybridized carbons (Fsp3) is 0.167. The monoisotopic (exact) mass is 324 g/mol. The molecule has 0 atom stereocenters. The Morgan fingerprint density at radius 1 is 1.08 bits per heavy atom. The largest absolute Gasteiger partial charge is 0.480 e. The topological polar surface area (TPSA) is 73.9 Å². The Kier molecular flexibility index (Phi) is 4.77. The third-order valence-corrected chi connectivity index (χ3v) is 3.60. The summed E-state index contributed by atoms with van der Waals surface area (Å²) >= 11 is 0. The highest BCUT2D eigenvalue weighted by Gasteiger charge is 2.08. The SMILES string of the molecule is COc1nc(Cc2ccc(-c3cccc(F)n3)cc2)cnc1CN. The Balaban J connectivity index is 1.79. The van der Waals surface area contributed by atoms with Gasteiger partial charge in [0.15, 0.2) is 0 Å². The summed E-state index contributed by atoms with van der Waals surface area (Å²) in [6.07, 6.45) is 2.32. The quantitative estimate of drug-likeness (QED) is 0.731. The van der Waals surface area contributed by atoms with E-state index in [0.29, 0.717) is 23.7 Å². The van der Waals surface area contributed by atoms with Crippen LogP contribution in [0.15, 0.2) is 48.7 Å². The van der Waals surface area contributed by atoms with Crippen LogP contribution in [0.2, 0.25) is 0 Å². The van der Waals surface area contributed by atoms with Gasteiger partial charge in [0.25, 0.3) is 0 Å². The van der Waals surface area contributed by atoms with Gasteiger partial charge >= 0.3 is 0 Å². The number of benzene rings is 1. The molecular formula is C18H17FN4O. The normalized spacial score (nSPS) is 10.6. The molecule has 1 aromatic carbocycles. The first-order chi connectivity index (χ1) is 11.7. The van der Waals surface area contributed by atoms with Crippen LogP contribution >= 0.6 is 0 Å². The lowest BCUT2D eigenvalue weighted by molar-refractivity contribution is 0.388. The first-order valence-electron chi connectivity index (χ1n) is 7.50. The summed E-state index contributed by atoms with van der Waals surface area (Å²) in [5, 5.41) is 0. The number of ether oxygens (including phenoxy) is 1. The number of methoxy groups -OCH3 is 1. The maximum atomic E-state index is 13.2. The molecule has 122 valence electrons. The second-order valence-corrected chi connectivity index (χ2v) is 5.24. The highest BCUT2D eigenvalue weighted by Crippen LogP contribution is 2.20. The molecule has 0 aliphatic rings. The lowest BCUT2D eigenvalue weighted by atomic mass is 10.1. The smallest absolute Gasteiger partial charge is 0.236 e. The van der Waals surface area contributed by atoms with E-state index < -0.39 is 5.95 Å². The van der Waals surface area contributed by atoms with Gasteiger partial charge in [0.05, 0.1) is 18.5 Å². The van der Waals surface area contributed by atoms with Crippen molar-refractivity contribution >= 4 is 0 Å². The van der Waals surface area contributed by atoms with Crippen LogP contribution in [-0.2, 0) is 13.0 Å². The number of nitrogens with two attached hydrogens (primary N) is 1. The van der Waals surface area contributed by atoms with Gasteiger partial charge in [-0.15, -0.1) is 0 Å². The molecule has 24 heavy (non-hydrogen) atoms. The maximum absolute atomic E-state index is 13.2. The van der Waals surface area contributed by atoms with Crippen LogP contribution in [0.25, 0.3) is 11.3 Å². The summed E-state index contributed by atoms with van der Waals surface area (Å²) in [6.45, 7) is 0.284. The van der Waals surface area contributed by atoms with E-state index in [9.17, 15) is 4.39 Å². The van der Waals surface area contributed by atoms with Crippen LogP contribution in [0.5, 0.6) is 5.88 Å². The third kappa shape index (κ3) is 3.55. The van der Waals surface area contributed by atoms with E-state index in [1.54, 1.807) is 25.4 Å². The summed E-state index contributed by atoms with van der Waals surface area (Å²) in [5.41, 5.74) is 9.55. The number of hydrogen-bond donors (Lipinski definition) is 1. The lowest BCUT2D eigenvalue weighted by Crippen LogP contribution is -2.06. The number of pyridine rings is 1. The number of nitrogens with zero attached hydrogens (tertiary/aromatic N) is 3. The second-order valence-electron chi connectivity index (χ2n) is 5.24. The van der Waals surface area contributed by atoms with Crippen molar-refractivity contribution < 1.29 is 9.13 Å². The van der Waals surface area contributed by atoms with Crippen molar-refractivity contribution in [3.63, 3.8) is 0 Å².